The standard InChI is InChI=1S/C15H19N3OS/c1-11(15-8-16-10-20-15)17-14-7-5-4-6-13(14)9-18(3)12(2)19/h4-8,10-11,17H,9H2,1-3H3. The van der Waals surface area contributed by atoms with Gasteiger partial charge in [-0.25, -0.2) is 0 Å². The number of nitrogens with zero attached hydrogens (tertiary/aromatic N) is 2. The highest BCUT2D eigenvalue weighted by Crippen LogP contribution is 2.25. The van der Waals surface area contributed by atoms with E-state index in [1.165, 1.54) is 4.88 Å². The normalized spacial score (nSPS) is 11.9. The van der Waals surface area contributed by atoms with Crippen molar-refractivity contribution in [2.45, 2.75) is 26.4 Å². The molecule has 0 saturated carbocycles. The Morgan fingerprint density at radius 3 is 2.85 bits per heavy atom. The maximum atomic E-state index is 11.4. The second-order valence-electron chi connectivity index (χ2n) is 4.80. The Kier molecular flexibility index (Phi) is 4.74. The maximum absolute atomic E-state index is 11.4. The molecular formula is C15H19N3OS. The number of carbonyl (C=O) groups is 1. The highest BCUT2D eigenvalue weighted by molar-refractivity contribution is 7.09. The molecule has 0 saturated heterocycles. The number of aromatic nitrogens is 1. The molecule has 1 unspecified atom stereocenters. The largest absolute Gasteiger partial charge is 0.377 e. The van der Waals surface area contributed by atoms with Crippen LogP contribution in [0.2, 0.25) is 0 Å². The minimum atomic E-state index is 0.0651. The van der Waals surface area contributed by atoms with Gasteiger partial charge in [0, 0.05) is 37.3 Å². The van der Waals surface area contributed by atoms with Crippen LogP contribution in [-0.4, -0.2) is 22.8 Å². The van der Waals surface area contributed by atoms with E-state index in [2.05, 4.69) is 17.2 Å². The monoisotopic (exact) mass is 289 g/mol. The lowest BCUT2D eigenvalue weighted by Gasteiger charge is -2.20. The first-order valence-electron chi connectivity index (χ1n) is 6.52. The molecule has 106 valence electrons. The lowest BCUT2D eigenvalue weighted by Crippen LogP contribution is -2.23. The van der Waals surface area contributed by atoms with Crippen molar-refractivity contribution in [2.24, 2.45) is 0 Å². The zero-order valence-electron chi connectivity index (χ0n) is 12.0. The van der Waals surface area contributed by atoms with E-state index in [0.717, 1.165) is 11.3 Å². The third-order valence-electron chi connectivity index (χ3n) is 3.21. The first-order chi connectivity index (χ1) is 9.58. The van der Waals surface area contributed by atoms with E-state index in [9.17, 15) is 4.79 Å². The summed E-state index contributed by atoms with van der Waals surface area (Å²) in [4.78, 5) is 18.4. The van der Waals surface area contributed by atoms with E-state index in [4.69, 9.17) is 0 Å². The number of hydrogen-bond acceptors (Lipinski definition) is 4. The molecule has 2 aromatic rings. The number of rotatable bonds is 5. The molecule has 0 fully saturated rings. The first kappa shape index (κ1) is 14.5. The fraction of sp³-hybridized carbons (Fsp3) is 0.333. The van der Waals surface area contributed by atoms with E-state index >= 15 is 0 Å². The third kappa shape index (κ3) is 3.57. The van der Waals surface area contributed by atoms with Gasteiger partial charge in [0.1, 0.15) is 0 Å². The Bertz CT molecular complexity index is 568. The van der Waals surface area contributed by atoms with E-state index in [1.54, 1.807) is 23.2 Å². The zero-order chi connectivity index (χ0) is 14.5. The molecule has 1 heterocycles. The molecule has 1 N–H and O–H groups in total. The Morgan fingerprint density at radius 1 is 1.45 bits per heavy atom. The van der Waals surface area contributed by atoms with Crippen molar-refractivity contribution >= 4 is 22.9 Å². The fourth-order valence-electron chi connectivity index (χ4n) is 1.91. The number of anilines is 1. The van der Waals surface area contributed by atoms with E-state index < -0.39 is 0 Å². The van der Waals surface area contributed by atoms with E-state index in [-0.39, 0.29) is 11.9 Å². The van der Waals surface area contributed by atoms with Crippen LogP contribution >= 0.6 is 11.3 Å². The van der Waals surface area contributed by atoms with Crippen LogP contribution in [0.5, 0.6) is 0 Å². The predicted molar refractivity (Wildman–Crippen MR) is 82.7 cm³/mol. The van der Waals surface area contributed by atoms with Crippen molar-refractivity contribution in [3.05, 3.63) is 46.4 Å². The second-order valence-corrected chi connectivity index (χ2v) is 5.72. The summed E-state index contributed by atoms with van der Waals surface area (Å²) >= 11 is 1.64. The van der Waals surface area contributed by atoms with Gasteiger partial charge in [0.05, 0.1) is 11.6 Å². The summed E-state index contributed by atoms with van der Waals surface area (Å²) in [7, 11) is 1.81. The lowest BCUT2D eigenvalue weighted by atomic mass is 10.1. The molecule has 1 aromatic carbocycles. The van der Waals surface area contributed by atoms with Gasteiger partial charge < -0.3 is 10.2 Å². The summed E-state index contributed by atoms with van der Waals surface area (Å²) in [5.41, 5.74) is 4.01. The zero-order valence-corrected chi connectivity index (χ0v) is 12.8. The van der Waals surface area contributed by atoms with Crippen LogP contribution in [0.25, 0.3) is 0 Å². The van der Waals surface area contributed by atoms with Gasteiger partial charge >= 0.3 is 0 Å². The summed E-state index contributed by atoms with van der Waals surface area (Å²) in [6.45, 7) is 4.29. The molecule has 0 bridgehead atoms. The smallest absolute Gasteiger partial charge is 0.219 e. The highest BCUT2D eigenvalue weighted by atomic mass is 32.1. The summed E-state index contributed by atoms with van der Waals surface area (Å²) in [5.74, 6) is 0.0651. The van der Waals surface area contributed by atoms with Crippen LogP contribution in [0.4, 0.5) is 5.69 Å². The Balaban J connectivity index is 2.13. The van der Waals surface area contributed by atoms with Crippen molar-refractivity contribution in [3.63, 3.8) is 0 Å². The van der Waals surface area contributed by atoms with Crippen molar-refractivity contribution in [1.82, 2.24) is 9.88 Å². The van der Waals surface area contributed by atoms with Gasteiger partial charge in [-0.2, -0.15) is 0 Å². The minimum absolute atomic E-state index is 0.0651. The Hall–Kier alpha value is -1.88. The number of hydrogen-bond donors (Lipinski definition) is 1. The van der Waals surface area contributed by atoms with Gasteiger partial charge in [-0.1, -0.05) is 18.2 Å². The molecule has 0 aliphatic rings. The van der Waals surface area contributed by atoms with Crippen molar-refractivity contribution in [2.75, 3.05) is 12.4 Å². The molecule has 0 radical (unpaired) electrons. The van der Waals surface area contributed by atoms with Crippen LogP contribution < -0.4 is 5.32 Å². The fourth-order valence-corrected chi connectivity index (χ4v) is 2.54. The van der Waals surface area contributed by atoms with Gasteiger partial charge in [0.2, 0.25) is 5.91 Å². The number of amides is 1. The predicted octanol–water partition coefficient (Wildman–Crippen LogP) is 3.29. The van der Waals surface area contributed by atoms with Crippen LogP contribution in [0.3, 0.4) is 0 Å². The molecule has 4 nitrogen and oxygen atoms in total. The molecule has 2 rings (SSSR count). The number of benzene rings is 1. The summed E-state index contributed by atoms with van der Waals surface area (Å²) in [6.07, 6.45) is 1.88. The summed E-state index contributed by atoms with van der Waals surface area (Å²) < 4.78 is 0. The van der Waals surface area contributed by atoms with Crippen LogP contribution in [0.1, 0.15) is 30.3 Å². The number of thiazole rings is 1. The van der Waals surface area contributed by atoms with Crippen molar-refractivity contribution in [1.29, 1.82) is 0 Å². The van der Waals surface area contributed by atoms with Crippen molar-refractivity contribution < 1.29 is 4.79 Å². The molecule has 1 atom stereocenters. The van der Waals surface area contributed by atoms with Gasteiger partial charge in [-0.05, 0) is 18.6 Å². The number of para-hydroxylation sites is 1. The minimum Gasteiger partial charge on any atom is -0.377 e. The summed E-state index contributed by atoms with van der Waals surface area (Å²) in [5, 5.41) is 3.49. The Morgan fingerprint density at radius 2 is 2.20 bits per heavy atom. The van der Waals surface area contributed by atoms with Crippen LogP contribution in [-0.2, 0) is 11.3 Å². The SMILES string of the molecule is CC(=O)N(C)Cc1ccccc1NC(C)c1cncs1. The molecule has 1 aromatic heterocycles. The quantitative estimate of drug-likeness (QED) is 0.918. The number of nitrogens with one attached hydrogen (secondary N) is 1. The molecule has 1 amide bonds. The molecule has 20 heavy (non-hydrogen) atoms. The topological polar surface area (TPSA) is 45.2 Å². The van der Waals surface area contributed by atoms with Gasteiger partial charge in [-0.15, -0.1) is 11.3 Å². The molecular weight excluding hydrogens is 270 g/mol. The Labute approximate surface area is 123 Å². The first-order valence-corrected chi connectivity index (χ1v) is 7.40. The van der Waals surface area contributed by atoms with Gasteiger partial charge in [-0.3, -0.25) is 9.78 Å². The van der Waals surface area contributed by atoms with E-state index in [0.29, 0.717) is 6.54 Å². The average Bonchev–Trinajstić information content (AvgIpc) is 2.94. The highest BCUT2D eigenvalue weighted by Gasteiger charge is 2.11. The number of carbonyl (C=O) groups excluding carboxylic acids is 1. The molecule has 0 aliphatic carbocycles. The molecule has 0 spiro atoms. The average molecular weight is 289 g/mol. The molecule has 5 heteroatoms. The summed E-state index contributed by atoms with van der Waals surface area (Å²) in [6, 6.07) is 8.28. The van der Waals surface area contributed by atoms with Crippen LogP contribution in [0, 0.1) is 0 Å². The van der Waals surface area contributed by atoms with E-state index in [1.807, 2.05) is 43.0 Å². The lowest BCUT2D eigenvalue weighted by molar-refractivity contribution is -0.128. The maximum Gasteiger partial charge on any atom is 0.219 e. The second kappa shape index (κ2) is 6.52. The van der Waals surface area contributed by atoms with Crippen molar-refractivity contribution in [3.8, 4) is 0 Å². The van der Waals surface area contributed by atoms with Crippen LogP contribution in [0.15, 0.2) is 36.0 Å². The third-order valence-corrected chi connectivity index (χ3v) is 4.17. The molecule has 0 aliphatic heterocycles. The van der Waals surface area contributed by atoms with Gasteiger partial charge in [0.15, 0.2) is 0 Å². The van der Waals surface area contributed by atoms with Gasteiger partial charge in [0.25, 0.3) is 0 Å².